The summed E-state index contributed by atoms with van der Waals surface area (Å²) in [6.45, 7) is 2.14. The molecule has 0 spiro atoms. The first-order chi connectivity index (χ1) is 8.56. The topological polar surface area (TPSA) is 43.4 Å². The van der Waals surface area contributed by atoms with E-state index in [2.05, 4.69) is 31.9 Å². The van der Waals surface area contributed by atoms with Crippen molar-refractivity contribution in [2.24, 2.45) is 0 Å². The van der Waals surface area contributed by atoms with Crippen molar-refractivity contribution in [2.45, 2.75) is 19.8 Å². The summed E-state index contributed by atoms with van der Waals surface area (Å²) in [5.74, 6) is -0.189. The Morgan fingerprint density at radius 1 is 1.22 bits per heavy atom. The fourth-order valence-corrected chi connectivity index (χ4v) is 2.17. The summed E-state index contributed by atoms with van der Waals surface area (Å²) < 4.78 is 5.81. The van der Waals surface area contributed by atoms with Crippen molar-refractivity contribution in [1.82, 2.24) is 0 Å². The van der Waals surface area contributed by atoms with E-state index in [0.717, 1.165) is 15.6 Å². The van der Waals surface area contributed by atoms with Gasteiger partial charge in [0.15, 0.2) is 0 Å². The second-order valence-corrected chi connectivity index (χ2v) is 5.22. The predicted octanol–water partition coefficient (Wildman–Crippen LogP) is 3.06. The van der Waals surface area contributed by atoms with Crippen molar-refractivity contribution in [3.8, 4) is 0 Å². The molecule has 0 bridgehead atoms. The molecule has 18 heavy (non-hydrogen) atoms. The van der Waals surface area contributed by atoms with Crippen LogP contribution in [-0.4, -0.2) is 23.7 Å². The molecule has 0 amide bonds. The average Bonchev–Trinajstić information content (AvgIpc) is 2.33. The van der Waals surface area contributed by atoms with Crippen LogP contribution in [0.4, 0.5) is 0 Å². The summed E-state index contributed by atoms with van der Waals surface area (Å²) in [4.78, 5) is 23.0. The normalized spacial score (nSPS) is 10.2. The molecule has 0 atom stereocenters. The highest BCUT2D eigenvalue weighted by Gasteiger charge is 2.12. The van der Waals surface area contributed by atoms with Crippen LogP contribution in [0.15, 0.2) is 22.7 Å². The fraction of sp³-hybridized carbons (Fsp3) is 0.385. The Morgan fingerprint density at radius 2 is 1.94 bits per heavy atom. The molecule has 5 heteroatoms. The third-order valence-corrected chi connectivity index (χ3v) is 3.46. The Bertz CT molecular complexity index is 444. The van der Waals surface area contributed by atoms with E-state index in [0.29, 0.717) is 18.4 Å². The maximum Gasteiger partial charge on any atom is 0.310 e. The molecular formula is C13H14Br2O3. The number of Topliss-reactive ketones (excluding diaryl/α,β-unsaturated/α-hetero) is 1. The van der Waals surface area contributed by atoms with E-state index in [4.69, 9.17) is 4.74 Å². The van der Waals surface area contributed by atoms with E-state index in [1.165, 1.54) is 0 Å². The molecule has 0 aliphatic rings. The van der Waals surface area contributed by atoms with E-state index in [1.54, 1.807) is 6.92 Å². The van der Waals surface area contributed by atoms with Gasteiger partial charge in [-0.2, -0.15) is 0 Å². The lowest BCUT2D eigenvalue weighted by Crippen LogP contribution is -2.12. The van der Waals surface area contributed by atoms with Gasteiger partial charge in [-0.1, -0.05) is 37.9 Å². The second kappa shape index (κ2) is 7.69. The molecule has 0 saturated heterocycles. The van der Waals surface area contributed by atoms with Crippen molar-refractivity contribution in [3.05, 3.63) is 33.8 Å². The van der Waals surface area contributed by atoms with Gasteiger partial charge in [-0.05, 0) is 30.2 Å². The maximum absolute atomic E-state index is 11.5. The zero-order valence-corrected chi connectivity index (χ0v) is 13.2. The highest BCUT2D eigenvalue weighted by molar-refractivity contribution is 9.10. The van der Waals surface area contributed by atoms with Crippen LogP contribution < -0.4 is 0 Å². The molecule has 0 aliphatic heterocycles. The lowest BCUT2D eigenvalue weighted by molar-refractivity contribution is -0.142. The third kappa shape index (κ3) is 4.90. The number of carbonyl (C=O) groups excluding carboxylic acids is 2. The number of hydrogen-bond donors (Lipinski definition) is 0. The zero-order valence-electron chi connectivity index (χ0n) is 10.0. The Labute approximate surface area is 123 Å². The van der Waals surface area contributed by atoms with Gasteiger partial charge in [0, 0.05) is 10.9 Å². The van der Waals surface area contributed by atoms with E-state index < -0.39 is 0 Å². The lowest BCUT2D eigenvalue weighted by Gasteiger charge is -2.09. The highest BCUT2D eigenvalue weighted by atomic mass is 79.9. The van der Waals surface area contributed by atoms with Gasteiger partial charge >= 0.3 is 5.97 Å². The lowest BCUT2D eigenvalue weighted by atomic mass is 10.0. The standard InChI is InChI=1S/C13H14Br2O3/c1-2-18-13(17)7-9-3-4-11(15)5-10(9)6-12(16)8-14/h3-5H,2,6-8H2,1H3. The molecular weight excluding hydrogens is 364 g/mol. The molecule has 0 N–H and O–H groups in total. The zero-order chi connectivity index (χ0) is 13.5. The average molecular weight is 378 g/mol. The van der Waals surface area contributed by atoms with Gasteiger partial charge in [0.1, 0.15) is 5.78 Å². The number of ketones is 1. The summed E-state index contributed by atoms with van der Waals surface area (Å²) >= 11 is 6.50. The van der Waals surface area contributed by atoms with Gasteiger partial charge < -0.3 is 4.74 Å². The Morgan fingerprint density at radius 3 is 2.56 bits per heavy atom. The number of hydrogen-bond acceptors (Lipinski definition) is 3. The quantitative estimate of drug-likeness (QED) is 0.565. The summed E-state index contributed by atoms with van der Waals surface area (Å²) in [7, 11) is 0. The summed E-state index contributed by atoms with van der Waals surface area (Å²) in [5, 5.41) is 0.318. The van der Waals surface area contributed by atoms with Crippen LogP contribution in [0.5, 0.6) is 0 Å². The van der Waals surface area contributed by atoms with Gasteiger partial charge in [0.05, 0.1) is 18.4 Å². The number of rotatable bonds is 6. The molecule has 1 aromatic rings. The number of carbonyl (C=O) groups is 2. The summed E-state index contributed by atoms with van der Waals surface area (Å²) in [6.07, 6.45) is 0.519. The minimum atomic E-state index is -0.271. The van der Waals surface area contributed by atoms with Crippen molar-refractivity contribution in [2.75, 3.05) is 11.9 Å². The SMILES string of the molecule is CCOC(=O)Cc1ccc(Br)cc1CC(=O)CBr. The minimum absolute atomic E-state index is 0.0817. The van der Waals surface area contributed by atoms with Crippen LogP contribution >= 0.6 is 31.9 Å². The largest absolute Gasteiger partial charge is 0.466 e. The molecule has 0 saturated carbocycles. The van der Waals surface area contributed by atoms with E-state index in [1.807, 2.05) is 18.2 Å². The van der Waals surface area contributed by atoms with Gasteiger partial charge in [0.25, 0.3) is 0 Å². The highest BCUT2D eigenvalue weighted by Crippen LogP contribution is 2.18. The van der Waals surface area contributed by atoms with Crippen LogP contribution in [0.2, 0.25) is 0 Å². The maximum atomic E-state index is 11.5. The van der Waals surface area contributed by atoms with Crippen molar-refractivity contribution in [1.29, 1.82) is 0 Å². The van der Waals surface area contributed by atoms with Gasteiger partial charge in [-0.3, -0.25) is 9.59 Å². The number of alkyl halides is 1. The van der Waals surface area contributed by atoms with Crippen LogP contribution in [0, 0.1) is 0 Å². The molecule has 1 aromatic carbocycles. The molecule has 0 fully saturated rings. The molecule has 0 aliphatic carbocycles. The van der Waals surface area contributed by atoms with Gasteiger partial charge in [-0.25, -0.2) is 0 Å². The smallest absolute Gasteiger partial charge is 0.310 e. The van der Waals surface area contributed by atoms with Crippen LogP contribution in [0.1, 0.15) is 18.1 Å². The molecule has 1 rings (SSSR count). The number of halogens is 2. The Hall–Kier alpha value is -0.680. The van der Waals surface area contributed by atoms with Crippen LogP contribution in [0.25, 0.3) is 0 Å². The molecule has 0 aromatic heterocycles. The summed E-state index contributed by atoms with van der Waals surface area (Å²) in [6, 6.07) is 5.57. The molecule has 0 radical (unpaired) electrons. The van der Waals surface area contributed by atoms with Crippen molar-refractivity contribution >= 4 is 43.6 Å². The van der Waals surface area contributed by atoms with E-state index in [9.17, 15) is 9.59 Å². The first-order valence-electron chi connectivity index (χ1n) is 5.57. The fourth-order valence-electron chi connectivity index (χ4n) is 1.56. The third-order valence-electron chi connectivity index (χ3n) is 2.35. The minimum Gasteiger partial charge on any atom is -0.466 e. The molecule has 0 unspecified atom stereocenters. The van der Waals surface area contributed by atoms with Crippen molar-refractivity contribution < 1.29 is 14.3 Å². The second-order valence-electron chi connectivity index (χ2n) is 3.74. The number of ether oxygens (including phenoxy) is 1. The van der Waals surface area contributed by atoms with Gasteiger partial charge in [-0.15, -0.1) is 0 Å². The first-order valence-corrected chi connectivity index (χ1v) is 7.48. The molecule has 3 nitrogen and oxygen atoms in total. The molecule has 0 heterocycles. The van der Waals surface area contributed by atoms with E-state index >= 15 is 0 Å². The predicted molar refractivity (Wildman–Crippen MR) is 77.0 cm³/mol. The first kappa shape index (κ1) is 15.4. The Kier molecular flexibility index (Phi) is 6.57. The monoisotopic (exact) mass is 376 g/mol. The van der Waals surface area contributed by atoms with Crippen LogP contribution in [0.3, 0.4) is 0 Å². The number of benzene rings is 1. The van der Waals surface area contributed by atoms with E-state index in [-0.39, 0.29) is 18.2 Å². The van der Waals surface area contributed by atoms with Gasteiger partial charge in [0.2, 0.25) is 0 Å². The van der Waals surface area contributed by atoms with Crippen LogP contribution in [-0.2, 0) is 27.2 Å². The Balaban J connectivity index is 2.89. The van der Waals surface area contributed by atoms with Crippen molar-refractivity contribution in [3.63, 3.8) is 0 Å². The number of esters is 1. The summed E-state index contributed by atoms with van der Waals surface area (Å²) in [5.41, 5.74) is 1.70. The molecule has 98 valence electrons.